The fraction of sp³-hybridized carbons (Fsp3) is 0.455. The number of benzene rings is 2. The molecule has 5 rings (SSSR count). The van der Waals surface area contributed by atoms with Crippen molar-refractivity contribution >= 4 is 23.0 Å². The van der Waals surface area contributed by atoms with Crippen molar-refractivity contribution in [1.29, 1.82) is 0 Å². The number of nitrogens with zero attached hydrogens (tertiary/aromatic N) is 1. The molecular formula is C22H23ClF3N3O. The Labute approximate surface area is 178 Å². The van der Waals surface area contributed by atoms with Crippen molar-refractivity contribution in [3.63, 3.8) is 0 Å². The van der Waals surface area contributed by atoms with Gasteiger partial charge in [0, 0.05) is 53.6 Å². The zero-order valence-corrected chi connectivity index (χ0v) is 17.1. The van der Waals surface area contributed by atoms with Gasteiger partial charge in [0.15, 0.2) is 0 Å². The van der Waals surface area contributed by atoms with E-state index in [2.05, 4.69) is 27.7 Å². The van der Waals surface area contributed by atoms with Crippen LogP contribution in [-0.4, -0.2) is 32.3 Å². The van der Waals surface area contributed by atoms with E-state index in [1.54, 1.807) is 0 Å². The summed E-state index contributed by atoms with van der Waals surface area (Å²) in [5.41, 5.74) is 4.34. The van der Waals surface area contributed by atoms with E-state index in [1.165, 1.54) is 17.3 Å². The summed E-state index contributed by atoms with van der Waals surface area (Å²) in [6.45, 7) is 4.32. The smallest absolute Gasteiger partial charge is 0.381 e. The first-order chi connectivity index (χ1) is 14.4. The van der Waals surface area contributed by atoms with Gasteiger partial charge in [0.05, 0.1) is 18.8 Å². The number of anilines is 2. The Kier molecular flexibility index (Phi) is 5.08. The fourth-order valence-electron chi connectivity index (χ4n) is 4.97. The number of piperidine rings is 1. The molecule has 160 valence electrons. The molecule has 0 unspecified atom stereocenters. The van der Waals surface area contributed by atoms with Crippen LogP contribution in [0, 0.1) is 0 Å². The number of hydrogen-bond acceptors (Lipinski definition) is 4. The highest BCUT2D eigenvalue weighted by molar-refractivity contribution is 6.31. The highest BCUT2D eigenvalue weighted by Gasteiger charge is 2.41. The Morgan fingerprint density at radius 3 is 2.93 bits per heavy atom. The Balaban J connectivity index is 1.44. The quantitative estimate of drug-likeness (QED) is 0.725. The van der Waals surface area contributed by atoms with Crippen molar-refractivity contribution in [1.82, 2.24) is 5.32 Å². The van der Waals surface area contributed by atoms with Crippen LogP contribution in [0.4, 0.5) is 24.5 Å². The van der Waals surface area contributed by atoms with E-state index >= 15 is 0 Å². The molecule has 2 aromatic carbocycles. The highest BCUT2D eigenvalue weighted by Crippen LogP contribution is 2.47. The molecule has 0 amide bonds. The molecule has 3 aliphatic heterocycles. The molecule has 1 saturated heterocycles. The van der Waals surface area contributed by atoms with Gasteiger partial charge in [-0.15, -0.1) is 0 Å². The van der Waals surface area contributed by atoms with Gasteiger partial charge in [0.25, 0.3) is 0 Å². The van der Waals surface area contributed by atoms with Gasteiger partial charge >= 0.3 is 6.18 Å². The Hall–Kier alpha value is -1.96. The molecule has 30 heavy (non-hydrogen) atoms. The van der Waals surface area contributed by atoms with Gasteiger partial charge in [-0.1, -0.05) is 11.6 Å². The lowest BCUT2D eigenvalue weighted by atomic mass is 9.89. The average Bonchev–Trinajstić information content (AvgIpc) is 2.88. The van der Waals surface area contributed by atoms with Crippen LogP contribution < -0.4 is 15.5 Å². The molecule has 0 aromatic heterocycles. The third-order valence-corrected chi connectivity index (χ3v) is 6.71. The van der Waals surface area contributed by atoms with Gasteiger partial charge in [0.1, 0.15) is 0 Å². The SMILES string of the molecule is FC(F)(F)c1ccc(Cl)c(CNc2cc3c4c(c2)[C@@H]2CNCC[C@@H]2N4CCOC3)c1. The second kappa shape index (κ2) is 7.62. The van der Waals surface area contributed by atoms with Crippen molar-refractivity contribution < 1.29 is 17.9 Å². The molecule has 1 fully saturated rings. The number of rotatable bonds is 3. The normalized spacial score (nSPS) is 23.0. The lowest BCUT2D eigenvalue weighted by Gasteiger charge is -2.33. The van der Waals surface area contributed by atoms with E-state index in [-0.39, 0.29) is 6.54 Å². The minimum atomic E-state index is -4.39. The first-order valence-corrected chi connectivity index (χ1v) is 10.6. The molecule has 0 radical (unpaired) electrons. The zero-order chi connectivity index (χ0) is 20.9. The third-order valence-electron chi connectivity index (χ3n) is 6.34. The summed E-state index contributed by atoms with van der Waals surface area (Å²) in [6, 6.07) is 8.12. The number of fused-ring (bicyclic) bond motifs is 3. The van der Waals surface area contributed by atoms with Gasteiger partial charge in [-0.05, 0) is 54.4 Å². The minimum absolute atomic E-state index is 0.220. The van der Waals surface area contributed by atoms with Crippen LogP contribution in [0.3, 0.4) is 0 Å². The Bertz CT molecular complexity index is 965. The summed E-state index contributed by atoms with van der Waals surface area (Å²) in [6.07, 6.45) is -3.29. The van der Waals surface area contributed by atoms with Gasteiger partial charge in [-0.25, -0.2) is 0 Å². The maximum atomic E-state index is 13.1. The monoisotopic (exact) mass is 437 g/mol. The molecule has 3 heterocycles. The molecule has 8 heteroatoms. The first kappa shape index (κ1) is 20.0. The summed E-state index contributed by atoms with van der Waals surface area (Å²) in [5, 5.41) is 7.11. The van der Waals surface area contributed by atoms with E-state index in [0.717, 1.165) is 49.4 Å². The van der Waals surface area contributed by atoms with Crippen LogP contribution in [0.25, 0.3) is 0 Å². The van der Waals surface area contributed by atoms with Crippen LogP contribution in [-0.2, 0) is 24.1 Å². The van der Waals surface area contributed by atoms with Crippen LogP contribution >= 0.6 is 11.6 Å². The van der Waals surface area contributed by atoms with Gasteiger partial charge in [0.2, 0.25) is 0 Å². The summed E-state index contributed by atoms with van der Waals surface area (Å²) in [7, 11) is 0. The van der Waals surface area contributed by atoms with E-state index in [4.69, 9.17) is 16.3 Å². The summed E-state index contributed by atoms with van der Waals surface area (Å²) in [4.78, 5) is 2.50. The summed E-state index contributed by atoms with van der Waals surface area (Å²) >= 11 is 6.16. The molecule has 0 spiro atoms. The Morgan fingerprint density at radius 2 is 2.10 bits per heavy atom. The number of hydrogen-bond donors (Lipinski definition) is 2. The second-order valence-electron chi connectivity index (χ2n) is 8.14. The lowest BCUT2D eigenvalue weighted by molar-refractivity contribution is -0.137. The van der Waals surface area contributed by atoms with Crippen molar-refractivity contribution in [2.75, 3.05) is 36.5 Å². The van der Waals surface area contributed by atoms with Crippen molar-refractivity contribution in [2.45, 2.75) is 37.7 Å². The Morgan fingerprint density at radius 1 is 1.23 bits per heavy atom. The second-order valence-corrected chi connectivity index (χ2v) is 8.55. The van der Waals surface area contributed by atoms with Crippen LogP contribution in [0.5, 0.6) is 0 Å². The molecular weight excluding hydrogens is 415 g/mol. The maximum absolute atomic E-state index is 13.1. The van der Waals surface area contributed by atoms with E-state index < -0.39 is 11.7 Å². The van der Waals surface area contributed by atoms with Gasteiger partial charge < -0.3 is 20.3 Å². The number of alkyl halides is 3. The molecule has 2 aromatic rings. The predicted octanol–water partition coefficient (Wildman–Crippen LogP) is 4.77. The largest absolute Gasteiger partial charge is 0.416 e. The average molecular weight is 438 g/mol. The standard InChI is InChI=1S/C22H23ClF3N3O/c23-19-2-1-15(22(24,25)26)7-13(19)10-28-16-8-14-12-30-6-5-29-20-3-4-27-11-18(20)17(9-16)21(14)29/h1-2,7-9,18,20,27-28H,3-6,10-12H2/t18-,20-/m0/s1. The molecule has 2 atom stereocenters. The first-order valence-electron chi connectivity index (χ1n) is 10.2. The minimum Gasteiger partial charge on any atom is -0.381 e. The molecule has 0 bridgehead atoms. The van der Waals surface area contributed by atoms with E-state index in [0.29, 0.717) is 35.8 Å². The van der Waals surface area contributed by atoms with Crippen LogP contribution in [0.15, 0.2) is 30.3 Å². The molecule has 0 aliphatic carbocycles. The van der Waals surface area contributed by atoms with Crippen molar-refractivity contribution in [3.05, 3.63) is 57.6 Å². The number of halogens is 4. The molecule has 3 aliphatic rings. The van der Waals surface area contributed by atoms with Gasteiger partial charge in [-0.3, -0.25) is 0 Å². The summed E-state index contributed by atoms with van der Waals surface area (Å²) < 4.78 is 45.0. The van der Waals surface area contributed by atoms with E-state index in [9.17, 15) is 13.2 Å². The van der Waals surface area contributed by atoms with Crippen molar-refractivity contribution in [2.24, 2.45) is 0 Å². The van der Waals surface area contributed by atoms with Gasteiger partial charge in [-0.2, -0.15) is 13.2 Å². The van der Waals surface area contributed by atoms with Crippen LogP contribution in [0.1, 0.15) is 34.6 Å². The number of ether oxygens (including phenoxy) is 1. The lowest BCUT2D eigenvalue weighted by Crippen LogP contribution is -2.44. The molecule has 2 N–H and O–H groups in total. The highest BCUT2D eigenvalue weighted by atomic mass is 35.5. The fourth-order valence-corrected chi connectivity index (χ4v) is 5.16. The zero-order valence-electron chi connectivity index (χ0n) is 16.4. The maximum Gasteiger partial charge on any atom is 0.416 e. The van der Waals surface area contributed by atoms with E-state index in [1.807, 2.05) is 0 Å². The summed E-state index contributed by atoms with van der Waals surface area (Å²) in [5.74, 6) is 0.421. The number of nitrogens with one attached hydrogen (secondary N) is 2. The predicted molar refractivity (Wildman–Crippen MR) is 111 cm³/mol. The molecule has 4 nitrogen and oxygen atoms in total. The topological polar surface area (TPSA) is 36.5 Å². The van der Waals surface area contributed by atoms with Crippen LogP contribution in [0.2, 0.25) is 5.02 Å². The van der Waals surface area contributed by atoms with Crippen molar-refractivity contribution in [3.8, 4) is 0 Å². The molecule has 0 saturated carbocycles. The third kappa shape index (κ3) is 3.53.